The summed E-state index contributed by atoms with van der Waals surface area (Å²) in [7, 11) is 0. The summed E-state index contributed by atoms with van der Waals surface area (Å²) in [6.45, 7) is 3.73. The molecule has 1 amide bonds. The van der Waals surface area contributed by atoms with Crippen LogP contribution in [0.25, 0.3) is 28.3 Å². The van der Waals surface area contributed by atoms with Gasteiger partial charge in [-0.05, 0) is 61.9 Å². The van der Waals surface area contributed by atoms with Gasteiger partial charge in [-0.1, -0.05) is 36.4 Å². The van der Waals surface area contributed by atoms with Crippen LogP contribution in [0.4, 0.5) is 4.79 Å². The summed E-state index contributed by atoms with van der Waals surface area (Å²) in [4.78, 5) is 32.2. The molecule has 1 aliphatic rings. The molecule has 0 bridgehead atoms. The number of likely N-dealkylation sites (tertiary alicyclic amines) is 1. The number of pyridine rings is 2. The number of hydrogen-bond acceptors (Lipinski definition) is 6. The van der Waals surface area contributed by atoms with Gasteiger partial charge in [0.05, 0.1) is 17.1 Å². The standard InChI is InChI=1S/C30H31N7O2/c1-21-7-5-11-25(33-21)29-28(24-14-16-37-27(17-24)31-20-32-37)34-26(35-29)13-12-22-10-6-15-36(18-22)30(38)39-19-23-8-3-2-4-9-23/h2-5,7-9,11,14,16-17,20,22H,6,10,12-13,15,18-19H2,1H3,(H,34,35). The van der Waals surface area contributed by atoms with Crippen molar-refractivity contribution in [2.24, 2.45) is 5.92 Å². The van der Waals surface area contributed by atoms with Gasteiger partial charge in [0, 0.05) is 37.0 Å². The van der Waals surface area contributed by atoms with Gasteiger partial charge < -0.3 is 14.6 Å². The summed E-state index contributed by atoms with van der Waals surface area (Å²) in [5.41, 5.74) is 6.27. The van der Waals surface area contributed by atoms with Gasteiger partial charge in [0.1, 0.15) is 18.8 Å². The van der Waals surface area contributed by atoms with Gasteiger partial charge in [0.15, 0.2) is 5.65 Å². The molecule has 0 radical (unpaired) electrons. The normalized spacial score (nSPS) is 15.5. The predicted molar refractivity (Wildman–Crippen MR) is 148 cm³/mol. The highest BCUT2D eigenvalue weighted by molar-refractivity contribution is 5.78. The molecule has 39 heavy (non-hydrogen) atoms. The number of amides is 1. The van der Waals surface area contributed by atoms with Crippen LogP contribution in [0.2, 0.25) is 0 Å². The second-order valence-corrected chi connectivity index (χ2v) is 10.1. The van der Waals surface area contributed by atoms with Crippen molar-refractivity contribution in [3.63, 3.8) is 0 Å². The van der Waals surface area contributed by atoms with Crippen LogP contribution in [-0.2, 0) is 17.8 Å². The number of aryl methyl sites for hydroxylation is 2. The van der Waals surface area contributed by atoms with Crippen LogP contribution in [0.3, 0.4) is 0 Å². The molecule has 5 heterocycles. The van der Waals surface area contributed by atoms with Crippen LogP contribution in [0.15, 0.2) is 73.2 Å². The average Bonchev–Trinajstić information content (AvgIpc) is 3.62. The van der Waals surface area contributed by atoms with Crippen molar-refractivity contribution >= 4 is 11.7 Å². The van der Waals surface area contributed by atoms with E-state index in [1.165, 1.54) is 0 Å². The Bertz CT molecular complexity index is 1580. The number of nitrogens with one attached hydrogen (secondary N) is 1. The topological polar surface area (TPSA) is 101 Å². The van der Waals surface area contributed by atoms with Gasteiger partial charge in [-0.2, -0.15) is 5.10 Å². The molecule has 6 rings (SSSR count). The van der Waals surface area contributed by atoms with E-state index >= 15 is 0 Å². The Labute approximate surface area is 226 Å². The van der Waals surface area contributed by atoms with Gasteiger partial charge in [-0.25, -0.2) is 19.3 Å². The maximum atomic E-state index is 12.7. The van der Waals surface area contributed by atoms with Crippen molar-refractivity contribution in [1.82, 2.24) is 34.4 Å². The van der Waals surface area contributed by atoms with Gasteiger partial charge in [-0.3, -0.25) is 4.98 Å². The first-order valence-electron chi connectivity index (χ1n) is 13.4. The molecule has 9 heteroatoms. The maximum absolute atomic E-state index is 12.7. The Kier molecular flexibility index (Phi) is 7.03. The minimum Gasteiger partial charge on any atom is -0.445 e. The number of benzene rings is 1. The largest absolute Gasteiger partial charge is 0.445 e. The number of H-pyrrole nitrogens is 1. The van der Waals surface area contributed by atoms with Gasteiger partial charge in [0.25, 0.3) is 0 Å². The number of rotatable bonds is 7. The predicted octanol–water partition coefficient (Wildman–Crippen LogP) is 5.47. The molecule has 9 nitrogen and oxygen atoms in total. The van der Waals surface area contributed by atoms with Crippen LogP contribution in [0.1, 0.15) is 36.3 Å². The van der Waals surface area contributed by atoms with E-state index in [1.807, 2.05) is 78.7 Å². The molecule has 198 valence electrons. The molecule has 1 aliphatic heterocycles. The van der Waals surface area contributed by atoms with Crippen molar-refractivity contribution in [1.29, 1.82) is 0 Å². The van der Waals surface area contributed by atoms with Crippen LogP contribution >= 0.6 is 0 Å². The lowest BCUT2D eigenvalue weighted by molar-refractivity contribution is 0.0780. The minimum absolute atomic E-state index is 0.236. The number of carbonyl (C=O) groups is 1. The van der Waals surface area contributed by atoms with Crippen LogP contribution < -0.4 is 0 Å². The third-order valence-corrected chi connectivity index (χ3v) is 7.22. The summed E-state index contributed by atoms with van der Waals surface area (Å²) in [6, 6.07) is 19.8. The van der Waals surface area contributed by atoms with E-state index < -0.39 is 0 Å². The molecular formula is C30H31N7O2. The smallest absolute Gasteiger partial charge is 0.410 e. The lowest BCUT2D eigenvalue weighted by Crippen LogP contribution is -2.40. The second kappa shape index (κ2) is 11.1. The number of carbonyl (C=O) groups excluding carboxylic acids is 1. The third-order valence-electron chi connectivity index (χ3n) is 7.22. The van der Waals surface area contributed by atoms with Crippen molar-refractivity contribution < 1.29 is 9.53 Å². The molecule has 4 aromatic heterocycles. The fraction of sp³-hybridized carbons (Fsp3) is 0.300. The number of piperidine rings is 1. The fourth-order valence-electron chi connectivity index (χ4n) is 5.20. The fourth-order valence-corrected chi connectivity index (χ4v) is 5.20. The summed E-state index contributed by atoms with van der Waals surface area (Å²) < 4.78 is 7.32. The zero-order chi connectivity index (χ0) is 26.6. The Morgan fingerprint density at radius 1 is 1.10 bits per heavy atom. The molecule has 1 N–H and O–H groups in total. The van der Waals surface area contributed by atoms with Crippen molar-refractivity contribution in [3.8, 4) is 22.6 Å². The molecule has 1 atom stereocenters. The summed E-state index contributed by atoms with van der Waals surface area (Å²) in [5, 5.41) is 4.21. The van der Waals surface area contributed by atoms with E-state index in [9.17, 15) is 4.79 Å². The van der Waals surface area contributed by atoms with E-state index in [-0.39, 0.29) is 6.09 Å². The van der Waals surface area contributed by atoms with Gasteiger partial charge in [-0.15, -0.1) is 0 Å². The number of ether oxygens (including phenoxy) is 1. The highest BCUT2D eigenvalue weighted by atomic mass is 16.6. The van der Waals surface area contributed by atoms with E-state index in [0.717, 1.165) is 77.6 Å². The summed E-state index contributed by atoms with van der Waals surface area (Å²) in [5.74, 6) is 1.30. The van der Waals surface area contributed by atoms with E-state index in [1.54, 1.807) is 10.8 Å². The molecule has 0 aliphatic carbocycles. The van der Waals surface area contributed by atoms with E-state index in [4.69, 9.17) is 14.7 Å². The number of imidazole rings is 1. The number of aromatic nitrogens is 6. The molecule has 0 saturated carbocycles. The SMILES string of the molecule is Cc1cccc(-c2[nH]c(CCC3CCCN(C(=O)OCc4ccccc4)C3)nc2-c2ccn3ncnc3c2)n1. The Morgan fingerprint density at radius 3 is 2.87 bits per heavy atom. The molecule has 0 spiro atoms. The minimum atomic E-state index is -0.236. The first-order chi connectivity index (χ1) is 19.1. The van der Waals surface area contributed by atoms with Crippen molar-refractivity contribution in [2.45, 2.75) is 39.2 Å². The monoisotopic (exact) mass is 521 g/mol. The third kappa shape index (κ3) is 5.67. The van der Waals surface area contributed by atoms with E-state index in [0.29, 0.717) is 19.1 Å². The van der Waals surface area contributed by atoms with Crippen LogP contribution in [0, 0.1) is 12.8 Å². The van der Waals surface area contributed by atoms with Crippen LogP contribution in [0.5, 0.6) is 0 Å². The molecule has 1 saturated heterocycles. The van der Waals surface area contributed by atoms with E-state index in [2.05, 4.69) is 15.1 Å². The van der Waals surface area contributed by atoms with Crippen LogP contribution in [-0.4, -0.2) is 53.6 Å². The van der Waals surface area contributed by atoms with Crippen molar-refractivity contribution in [2.75, 3.05) is 13.1 Å². The number of aromatic amines is 1. The molecule has 5 aromatic rings. The lowest BCUT2D eigenvalue weighted by atomic mass is 9.93. The zero-order valence-electron chi connectivity index (χ0n) is 22.0. The summed E-state index contributed by atoms with van der Waals surface area (Å²) >= 11 is 0. The quantitative estimate of drug-likeness (QED) is 0.305. The second-order valence-electron chi connectivity index (χ2n) is 10.1. The Hall–Kier alpha value is -4.53. The number of fused-ring (bicyclic) bond motifs is 1. The highest BCUT2D eigenvalue weighted by Gasteiger charge is 2.25. The molecular weight excluding hydrogens is 490 g/mol. The number of nitrogens with zero attached hydrogens (tertiary/aromatic N) is 6. The zero-order valence-corrected chi connectivity index (χ0v) is 22.0. The first-order valence-corrected chi connectivity index (χ1v) is 13.4. The maximum Gasteiger partial charge on any atom is 0.410 e. The number of hydrogen-bond donors (Lipinski definition) is 1. The highest BCUT2D eigenvalue weighted by Crippen LogP contribution is 2.31. The molecule has 1 unspecified atom stereocenters. The van der Waals surface area contributed by atoms with Crippen molar-refractivity contribution in [3.05, 3.63) is 90.3 Å². The first kappa shape index (κ1) is 24.8. The molecule has 1 fully saturated rings. The Balaban J connectivity index is 1.16. The van der Waals surface area contributed by atoms with Gasteiger partial charge in [0.2, 0.25) is 0 Å². The summed E-state index contributed by atoms with van der Waals surface area (Å²) in [6.07, 6.45) is 6.98. The average molecular weight is 522 g/mol. The van der Waals surface area contributed by atoms with Gasteiger partial charge >= 0.3 is 6.09 Å². The Morgan fingerprint density at radius 2 is 2.00 bits per heavy atom. The molecule has 1 aromatic carbocycles. The lowest BCUT2D eigenvalue weighted by Gasteiger charge is -2.32.